The number of ether oxygens (including phenoxy) is 1. The number of nitrogens with zero attached hydrogens (tertiary/aromatic N) is 3. The van der Waals surface area contributed by atoms with Crippen LogP contribution in [0.3, 0.4) is 0 Å². The molecule has 112 valence electrons. The third kappa shape index (κ3) is 3.30. The first-order chi connectivity index (χ1) is 9.57. The van der Waals surface area contributed by atoms with E-state index < -0.39 is 5.60 Å². The zero-order valence-electron chi connectivity index (χ0n) is 12.5. The molecule has 0 amide bonds. The van der Waals surface area contributed by atoms with Crippen molar-refractivity contribution in [2.75, 3.05) is 37.0 Å². The smallest absolute Gasteiger partial charge is 0.204 e. The molecule has 0 saturated carbocycles. The summed E-state index contributed by atoms with van der Waals surface area (Å²) in [5.41, 5.74) is -0.675. The maximum Gasteiger partial charge on any atom is 0.204 e. The Bertz CT molecular complexity index is 451. The Morgan fingerprint density at radius 2 is 2.30 bits per heavy atom. The summed E-state index contributed by atoms with van der Waals surface area (Å²) in [6.07, 6.45) is 4.32. The quantitative estimate of drug-likeness (QED) is 0.855. The Kier molecular flexibility index (Phi) is 4.65. The van der Waals surface area contributed by atoms with Gasteiger partial charge < -0.3 is 20.1 Å². The Balaban J connectivity index is 2.26. The van der Waals surface area contributed by atoms with Crippen LogP contribution in [0, 0.1) is 0 Å². The lowest BCUT2D eigenvalue weighted by atomic mass is 9.95. The Hall–Kier alpha value is -1.56. The van der Waals surface area contributed by atoms with E-state index in [1.807, 2.05) is 6.92 Å². The molecule has 1 aliphatic heterocycles. The van der Waals surface area contributed by atoms with E-state index in [2.05, 4.69) is 27.1 Å². The predicted molar refractivity (Wildman–Crippen MR) is 79.4 cm³/mol. The summed E-state index contributed by atoms with van der Waals surface area (Å²) in [5.74, 6) is 2.12. The highest BCUT2D eigenvalue weighted by molar-refractivity contribution is 5.65. The Morgan fingerprint density at radius 3 is 2.95 bits per heavy atom. The minimum absolute atomic E-state index is 0.563. The van der Waals surface area contributed by atoms with Gasteiger partial charge in [0.2, 0.25) is 5.75 Å². The number of piperidine rings is 1. The van der Waals surface area contributed by atoms with Crippen LogP contribution in [0.1, 0.15) is 33.1 Å². The fourth-order valence-corrected chi connectivity index (χ4v) is 2.55. The summed E-state index contributed by atoms with van der Waals surface area (Å²) < 4.78 is 5.48. The molecule has 2 N–H and O–H groups in total. The molecule has 1 atom stereocenters. The first-order valence-corrected chi connectivity index (χ1v) is 7.17. The van der Waals surface area contributed by atoms with Gasteiger partial charge in [0.05, 0.1) is 12.7 Å². The molecule has 0 aliphatic carbocycles. The molecular weight excluding hydrogens is 256 g/mol. The molecule has 1 aliphatic rings. The zero-order valence-corrected chi connectivity index (χ0v) is 12.5. The molecule has 1 fully saturated rings. The highest BCUT2D eigenvalue weighted by Gasteiger charge is 2.31. The topological polar surface area (TPSA) is 70.5 Å². The summed E-state index contributed by atoms with van der Waals surface area (Å²) in [4.78, 5) is 10.7. The van der Waals surface area contributed by atoms with E-state index in [4.69, 9.17) is 4.74 Å². The second kappa shape index (κ2) is 6.26. The fraction of sp³-hybridized carbons (Fsp3) is 0.714. The average molecular weight is 280 g/mol. The van der Waals surface area contributed by atoms with Gasteiger partial charge in [-0.25, -0.2) is 9.97 Å². The summed E-state index contributed by atoms with van der Waals surface area (Å²) in [6.45, 7) is 6.24. The van der Waals surface area contributed by atoms with Gasteiger partial charge in [0.15, 0.2) is 11.6 Å². The van der Waals surface area contributed by atoms with Crippen LogP contribution in [-0.2, 0) is 0 Å². The van der Waals surface area contributed by atoms with Crippen molar-refractivity contribution in [1.29, 1.82) is 0 Å². The Labute approximate surface area is 120 Å². The van der Waals surface area contributed by atoms with Crippen molar-refractivity contribution in [3.63, 3.8) is 0 Å². The second-order valence-electron chi connectivity index (χ2n) is 5.53. The van der Waals surface area contributed by atoms with Crippen LogP contribution in [-0.4, -0.2) is 47.4 Å². The maximum absolute atomic E-state index is 10.2. The van der Waals surface area contributed by atoms with Gasteiger partial charge in [-0.1, -0.05) is 6.92 Å². The summed E-state index contributed by atoms with van der Waals surface area (Å²) in [6, 6.07) is 0. The minimum atomic E-state index is -0.675. The van der Waals surface area contributed by atoms with E-state index >= 15 is 0 Å². The number of nitrogens with one attached hydrogen (secondary N) is 1. The molecule has 20 heavy (non-hydrogen) atoms. The van der Waals surface area contributed by atoms with Crippen molar-refractivity contribution in [3.05, 3.63) is 6.33 Å². The van der Waals surface area contributed by atoms with Crippen LogP contribution in [0.4, 0.5) is 11.6 Å². The lowest BCUT2D eigenvalue weighted by molar-refractivity contribution is 0.0446. The number of anilines is 2. The fourth-order valence-electron chi connectivity index (χ4n) is 2.55. The van der Waals surface area contributed by atoms with Gasteiger partial charge in [-0.2, -0.15) is 0 Å². The highest BCUT2D eigenvalue weighted by atomic mass is 16.5. The van der Waals surface area contributed by atoms with E-state index in [-0.39, 0.29) is 0 Å². The molecule has 1 aromatic rings. The highest BCUT2D eigenvalue weighted by Crippen LogP contribution is 2.34. The van der Waals surface area contributed by atoms with Gasteiger partial charge in [-0.05, 0) is 26.2 Å². The van der Waals surface area contributed by atoms with Crippen LogP contribution >= 0.6 is 0 Å². The van der Waals surface area contributed by atoms with Gasteiger partial charge in [0.25, 0.3) is 0 Å². The largest absolute Gasteiger partial charge is 0.490 e. The summed E-state index contributed by atoms with van der Waals surface area (Å²) >= 11 is 0. The number of β-amino-alcohol motifs (C(OH)–C–C–N with tert-alkyl or cyclic N) is 1. The van der Waals surface area contributed by atoms with Crippen LogP contribution in [0.25, 0.3) is 0 Å². The van der Waals surface area contributed by atoms with Gasteiger partial charge in [-0.3, -0.25) is 0 Å². The third-order valence-electron chi connectivity index (χ3n) is 3.51. The number of rotatable bonds is 5. The van der Waals surface area contributed by atoms with Crippen LogP contribution in [0.15, 0.2) is 6.33 Å². The molecule has 2 heterocycles. The van der Waals surface area contributed by atoms with Gasteiger partial charge in [0, 0.05) is 19.6 Å². The average Bonchev–Trinajstić information content (AvgIpc) is 2.43. The van der Waals surface area contributed by atoms with E-state index in [0.717, 1.165) is 38.2 Å². The molecule has 1 aromatic heterocycles. The molecule has 6 nitrogen and oxygen atoms in total. The van der Waals surface area contributed by atoms with Crippen molar-refractivity contribution in [1.82, 2.24) is 9.97 Å². The zero-order chi connectivity index (χ0) is 14.6. The molecule has 6 heteroatoms. The molecule has 1 unspecified atom stereocenters. The molecule has 0 aromatic carbocycles. The molecule has 1 saturated heterocycles. The monoisotopic (exact) mass is 280 g/mol. The Morgan fingerprint density at radius 1 is 1.50 bits per heavy atom. The predicted octanol–water partition coefficient (Wildman–Crippen LogP) is 1.66. The van der Waals surface area contributed by atoms with E-state index in [1.165, 1.54) is 0 Å². The number of aliphatic hydroxyl groups is 1. The third-order valence-corrected chi connectivity index (χ3v) is 3.51. The van der Waals surface area contributed by atoms with E-state index in [0.29, 0.717) is 18.1 Å². The molecular formula is C14H24N4O2. The molecule has 2 rings (SSSR count). The molecule has 0 spiro atoms. The van der Waals surface area contributed by atoms with Gasteiger partial charge in [0.1, 0.15) is 6.33 Å². The van der Waals surface area contributed by atoms with Crippen molar-refractivity contribution < 1.29 is 9.84 Å². The molecule has 0 radical (unpaired) electrons. The lowest BCUT2D eigenvalue weighted by Gasteiger charge is -2.38. The number of hydrogen-bond acceptors (Lipinski definition) is 6. The normalized spacial score (nSPS) is 22.7. The van der Waals surface area contributed by atoms with Crippen LogP contribution < -0.4 is 15.0 Å². The van der Waals surface area contributed by atoms with Crippen molar-refractivity contribution in [2.24, 2.45) is 0 Å². The summed E-state index contributed by atoms with van der Waals surface area (Å²) in [5, 5.41) is 13.5. The van der Waals surface area contributed by atoms with Gasteiger partial charge >= 0.3 is 0 Å². The number of methoxy groups -OCH3 is 1. The lowest BCUT2D eigenvalue weighted by Crippen LogP contribution is -2.46. The standard InChI is InChI=1S/C14H24N4O2/c1-4-7-15-12-11(20-3)13(17-10-16-12)18-8-5-6-14(2,19)9-18/h10,19H,4-9H2,1-3H3,(H,15,16,17). The number of aromatic nitrogens is 2. The summed E-state index contributed by atoms with van der Waals surface area (Å²) in [7, 11) is 1.63. The minimum Gasteiger partial charge on any atom is -0.490 e. The van der Waals surface area contributed by atoms with Crippen LogP contribution in [0.2, 0.25) is 0 Å². The van der Waals surface area contributed by atoms with Crippen LogP contribution in [0.5, 0.6) is 5.75 Å². The SMILES string of the molecule is CCCNc1ncnc(N2CCCC(C)(O)C2)c1OC. The van der Waals surface area contributed by atoms with Crippen molar-refractivity contribution in [2.45, 2.75) is 38.7 Å². The second-order valence-corrected chi connectivity index (χ2v) is 5.53. The van der Waals surface area contributed by atoms with Gasteiger partial charge in [-0.15, -0.1) is 0 Å². The first-order valence-electron chi connectivity index (χ1n) is 7.17. The molecule has 0 bridgehead atoms. The van der Waals surface area contributed by atoms with E-state index in [9.17, 15) is 5.11 Å². The van der Waals surface area contributed by atoms with Crippen molar-refractivity contribution in [3.8, 4) is 5.75 Å². The van der Waals surface area contributed by atoms with E-state index in [1.54, 1.807) is 13.4 Å². The first kappa shape index (κ1) is 14.8. The maximum atomic E-state index is 10.2. The number of hydrogen-bond donors (Lipinski definition) is 2. The van der Waals surface area contributed by atoms with Crippen molar-refractivity contribution >= 4 is 11.6 Å².